The van der Waals surface area contributed by atoms with Crippen LogP contribution in [-0.2, 0) is 25.5 Å². The van der Waals surface area contributed by atoms with Crippen LogP contribution in [0.25, 0.3) is 6.08 Å². The van der Waals surface area contributed by atoms with E-state index in [1.54, 1.807) is 6.08 Å². The predicted octanol–water partition coefficient (Wildman–Crippen LogP) is 2.11. The molecule has 0 aliphatic carbocycles. The highest BCUT2D eigenvalue weighted by atomic mass is 16.5. The fourth-order valence-corrected chi connectivity index (χ4v) is 2.36. The van der Waals surface area contributed by atoms with E-state index in [2.05, 4.69) is 10.6 Å². The number of ether oxygens (including phenoxy) is 1. The minimum atomic E-state index is -0.856. The van der Waals surface area contributed by atoms with Gasteiger partial charge in [-0.2, -0.15) is 0 Å². The van der Waals surface area contributed by atoms with Crippen molar-refractivity contribution in [3.63, 3.8) is 0 Å². The minimum Gasteiger partial charge on any atom is -0.454 e. The predicted molar refractivity (Wildman–Crippen MR) is 107 cm³/mol. The Morgan fingerprint density at radius 1 is 1.00 bits per heavy atom. The fraction of sp³-hybridized carbons (Fsp3) is 0.227. The van der Waals surface area contributed by atoms with E-state index in [9.17, 15) is 14.4 Å². The highest BCUT2D eigenvalue weighted by Crippen LogP contribution is 2.01. The van der Waals surface area contributed by atoms with Gasteiger partial charge in [-0.15, -0.1) is 0 Å². The number of rotatable bonds is 9. The quantitative estimate of drug-likeness (QED) is 0.515. The highest BCUT2D eigenvalue weighted by molar-refractivity contribution is 5.94. The summed E-state index contributed by atoms with van der Waals surface area (Å²) in [6, 6.07) is 18.2. The van der Waals surface area contributed by atoms with E-state index >= 15 is 0 Å². The summed E-state index contributed by atoms with van der Waals surface area (Å²) in [6.45, 7) is 1.58. The van der Waals surface area contributed by atoms with Gasteiger partial charge in [0.15, 0.2) is 6.61 Å². The van der Waals surface area contributed by atoms with Crippen LogP contribution in [0.5, 0.6) is 0 Å². The molecule has 28 heavy (non-hydrogen) atoms. The molecule has 1 atom stereocenters. The Morgan fingerprint density at radius 3 is 2.32 bits per heavy atom. The van der Waals surface area contributed by atoms with Gasteiger partial charge < -0.3 is 15.4 Å². The smallest absolute Gasteiger partial charge is 0.328 e. The zero-order valence-corrected chi connectivity index (χ0v) is 15.8. The Hall–Kier alpha value is -3.41. The van der Waals surface area contributed by atoms with Gasteiger partial charge in [0.05, 0.1) is 0 Å². The van der Waals surface area contributed by atoms with Crippen LogP contribution in [-0.4, -0.2) is 37.0 Å². The molecule has 0 bridgehead atoms. The van der Waals surface area contributed by atoms with E-state index in [4.69, 9.17) is 4.74 Å². The second kappa shape index (κ2) is 11.3. The molecule has 6 heteroatoms. The van der Waals surface area contributed by atoms with Crippen LogP contribution in [0.15, 0.2) is 66.7 Å². The van der Waals surface area contributed by atoms with Crippen molar-refractivity contribution >= 4 is 23.9 Å². The highest BCUT2D eigenvalue weighted by Gasteiger charge is 2.17. The summed E-state index contributed by atoms with van der Waals surface area (Å²) in [5.41, 5.74) is 1.99. The molecule has 0 spiro atoms. The van der Waals surface area contributed by atoms with Gasteiger partial charge in [-0.25, -0.2) is 4.79 Å². The third-order valence-electron chi connectivity index (χ3n) is 3.86. The van der Waals surface area contributed by atoms with E-state index in [0.717, 1.165) is 11.1 Å². The fourth-order valence-electron chi connectivity index (χ4n) is 2.36. The summed E-state index contributed by atoms with van der Waals surface area (Å²) in [7, 11) is 0. The maximum absolute atomic E-state index is 11.9. The summed E-state index contributed by atoms with van der Waals surface area (Å²) < 4.78 is 4.94. The SMILES string of the molecule is C[C@H](NC(=O)/C=C/c1ccccc1)C(=O)OCC(=O)NCCc1ccccc1. The van der Waals surface area contributed by atoms with Crippen molar-refractivity contribution < 1.29 is 19.1 Å². The van der Waals surface area contributed by atoms with Crippen molar-refractivity contribution in [1.29, 1.82) is 0 Å². The molecule has 2 aromatic rings. The first-order valence-corrected chi connectivity index (χ1v) is 9.05. The lowest BCUT2D eigenvalue weighted by molar-refractivity contribution is -0.150. The Balaban J connectivity index is 1.65. The van der Waals surface area contributed by atoms with E-state index in [-0.39, 0.29) is 12.5 Å². The van der Waals surface area contributed by atoms with E-state index in [1.807, 2.05) is 60.7 Å². The van der Waals surface area contributed by atoms with Crippen molar-refractivity contribution in [2.24, 2.45) is 0 Å². The summed E-state index contributed by atoms with van der Waals surface area (Å²) in [5.74, 6) is -1.47. The normalized spacial score (nSPS) is 11.6. The van der Waals surface area contributed by atoms with Crippen LogP contribution < -0.4 is 10.6 Å². The summed E-state index contributed by atoms with van der Waals surface area (Å²) in [4.78, 5) is 35.5. The van der Waals surface area contributed by atoms with Gasteiger partial charge in [0, 0.05) is 12.6 Å². The number of benzene rings is 2. The van der Waals surface area contributed by atoms with Crippen LogP contribution in [0, 0.1) is 0 Å². The first-order chi connectivity index (χ1) is 13.5. The number of esters is 1. The molecule has 0 saturated carbocycles. The molecule has 2 N–H and O–H groups in total. The van der Waals surface area contributed by atoms with Crippen molar-refractivity contribution in [3.8, 4) is 0 Å². The molecule has 2 aromatic carbocycles. The lowest BCUT2D eigenvalue weighted by Gasteiger charge is -2.12. The summed E-state index contributed by atoms with van der Waals surface area (Å²) in [5, 5.41) is 5.20. The van der Waals surface area contributed by atoms with E-state index < -0.39 is 17.9 Å². The molecule has 0 aromatic heterocycles. The summed E-state index contributed by atoms with van der Waals surface area (Å²) in [6.07, 6.45) is 3.68. The number of hydrogen-bond acceptors (Lipinski definition) is 4. The summed E-state index contributed by atoms with van der Waals surface area (Å²) >= 11 is 0. The second-order valence-corrected chi connectivity index (χ2v) is 6.17. The molecule has 0 fully saturated rings. The van der Waals surface area contributed by atoms with Crippen LogP contribution in [0.1, 0.15) is 18.1 Å². The molecule has 0 heterocycles. The lowest BCUT2D eigenvalue weighted by Crippen LogP contribution is -2.40. The van der Waals surface area contributed by atoms with Crippen molar-refractivity contribution in [1.82, 2.24) is 10.6 Å². The lowest BCUT2D eigenvalue weighted by atomic mass is 10.1. The molecule has 0 aliphatic heterocycles. The Morgan fingerprint density at radius 2 is 1.64 bits per heavy atom. The standard InChI is InChI=1S/C22H24N2O4/c1-17(24-20(25)13-12-18-8-4-2-5-9-18)22(27)28-16-21(26)23-15-14-19-10-6-3-7-11-19/h2-13,17H,14-16H2,1H3,(H,23,26)(H,24,25)/b13-12+/t17-/m0/s1. The van der Waals surface area contributed by atoms with Gasteiger partial charge in [-0.05, 0) is 30.5 Å². The first kappa shape index (κ1) is 20.9. The zero-order chi connectivity index (χ0) is 20.2. The second-order valence-electron chi connectivity index (χ2n) is 6.17. The van der Waals surface area contributed by atoms with E-state index in [1.165, 1.54) is 13.0 Å². The van der Waals surface area contributed by atoms with Crippen LogP contribution in [0.3, 0.4) is 0 Å². The van der Waals surface area contributed by atoms with Crippen LogP contribution in [0.2, 0.25) is 0 Å². The van der Waals surface area contributed by atoms with Gasteiger partial charge in [-0.3, -0.25) is 9.59 Å². The number of amides is 2. The third kappa shape index (κ3) is 7.86. The molecule has 0 aliphatic rings. The maximum atomic E-state index is 11.9. The van der Waals surface area contributed by atoms with Crippen molar-refractivity contribution in [2.75, 3.05) is 13.2 Å². The van der Waals surface area contributed by atoms with Crippen molar-refractivity contribution in [3.05, 3.63) is 77.9 Å². The maximum Gasteiger partial charge on any atom is 0.328 e. The number of hydrogen-bond donors (Lipinski definition) is 2. The van der Waals surface area contributed by atoms with Gasteiger partial charge >= 0.3 is 5.97 Å². The minimum absolute atomic E-state index is 0.381. The number of carbonyl (C=O) groups is 3. The third-order valence-corrected chi connectivity index (χ3v) is 3.86. The molecular weight excluding hydrogens is 356 g/mol. The molecule has 6 nitrogen and oxygen atoms in total. The monoisotopic (exact) mass is 380 g/mol. The molecule has 0 saturated heterocycles. The molecule has 2 amide bonds. The van der Waals surface area contributed by atoms with E-state index in [0.29, 0.717) is 13.0 Å². The Kier molecular flexibility index (Phi) is 8.46. The van der Waals surface area contributed by atoms with Crippen LogP contribution in [0.4, 0.5) is 0 Å². The number of nitrogens with one attached hydrogen (secondary N) is 2. The number of carbonyl (C=O) groups excluding carboxylic acids is 3. The van der Waals surface area contributed by atoms with Crippen molar-refractivity contribution in [2.45, 2.75) is 19.4 Å². The van der Waals surface area contributed by atoms with Gasteiger partial charge in [0.25, 0.3) is 5.91 Å². The molecular formula is C22H24N2O4. The topological polar surface area (TPSA) is 84.5 Å². The largest absolute Gasteiger partial charge is 0.454 e. The molecule has 0 radical (unpaired) electrons. The Labute approximate surface area is 164 Å². The average Bonchev–Trinajstić information content (AvgIpc) is 2.72. The molecule has 0 unspecified atom stereocenters. The Bertz CT molecular complexity index is 804. The van der Waals surface area contributed by atoms with Gasteiger partial charge in [0.2, 0.25) is 5.91 Å². The average molecular weight is 380 g/mol. The molecule has 2 rings (SSSR count). The van der Waals surface area contributed by atoms with Gasteiger partial charge in [0.1, 0.15) is 6.04 Å². The first-order valence-electron chi connectivity index (χ1n) is 9.05. The van der Waals surface area contributed by atoms with Crippen LogP contribution >= 0.6 is 0 Å². The van der Waals surface area contributed by atoms with Gasteiger partial charge in [-0.1, -0.05) is 60.7 Å². The molecule has 146 valence electrons. The zero-order valence-electron chi connectivity index (χ0n) is 15.8.